The summed E-state index contributed by atoms with van der Waals surface area (Å²) in [6, 6.07) is 1.31. The van der Waals surface area contributed by atoms with E-state index in [1.54, 1.807) is 6.92 Å². The maximum Gasteiger partial charge on any atom is 0.254 e. The number of hydrogen-bond donors (Lipinski definition) is 2. The van der Waals surface area contributed by atoms with E-state index in [4.69, 9.17) is 0 Å². The van der Waals surface area contributed by atoms with Gasteiger partial charge in [0.1, 0.15) is 0 Å². The number of amides is 1. The SMILES string of the molecule is CCC[C@](C)(CO)NC(=O)c1ccncc1F. The first kappa shape index (κ1) is 13.6. The molecule has 1 atom stereocenters. The second-order valence-electron chi connectivity index (χ2n) is 4.28. The molecule has 4 nitrogen and oxygen atoms in total. The summed E-state index contributed by atoms with van der Waals surface area (Å²) in [6.45, 7) is 3.50. The van der Waals surface area contributed by atoms with Crippen molar-refractivity contribution < 1.29 is 14.3 Å². The molecule has 94 valence electrons. The summed E-state index contributed by atoms with van der Waals surface area (Å²) >= 11 is 0. The molecule has 0 bridgehead atoms. The van der Waals surface area contributed by atoms with E-state index in [1.165, 1.54) is 12.3 Å². The average Bonchev–Trinajstić information content (AvgIpc) is 2.29. The molecule has 0 unspecified atom stereocenters. The molecule has 5 heteroatoms. The average molecular weight is 240 g/mol. The molecule has 0 fully saturated rings. The highest BCUT2D eigenvalue weighted by Gasteiger charge is 2.26. The Bertz CT molecular complexity index is 398. The molecule has 1 aromatic rings. The van der Waals surface area contributed by atoms with Crippen molar-refractivity contribution >= 4 is 5.91 Å². The van der Waals surface area contributed by atoms with E-state index < -0.39 is 17.3 Å². The number of halogens is 1. The maximum absolute atomic E-state index is 13.3. The van der Waals surface area contributed by atoms with Gasteiger partial charge in [0.2, 0.25) is 0 Å². The number of nitrogens with one attached hydrogen (secondary N) is 1. The van der Waals surface area contributed by atoms with Gasteiger partial charge >= 0.3 is 0 Å². The van der Waals surface area contributed by atoms with Gasteiger partial charge in [0, 0.05) is 6.20 Å². The van der Waals surface area contributed by atoms with E-state index in [2.05, 4.69) is 10.3 Å². The van der Waals surface area contributed by atoms with Crippen molar-refractivity contribution in [3.05, 3.63) is 29.8 Å². The highest BCUT2D eigenvalue weighted by atomic mass is 19.1. The van der Waals surface area contributed by atoms with E-state index in [9.17, 15) is 14.3 Å². The first-order chi connectivity index (χ1) is 8.02. The van der Waals surface area contributed by atoms with Crippen molar-refractivity contribution in [3.8, 4) is 0 Å². The van der Waals surface area contributed by atoms with Gasteiger partial charge in [-0.05, 0) is 19.4 Å². The van der Waals surface area contributed by atoms with E-state index in [0.29, 0.717) is 6.42 Å². The van der Waals surface area contributed by atoms with Crippen LogP contribution in [0.4, 0.5) is 4.39 Å². The molecular formula is C12H17FN2O2. The summed E-state index contributed by atoms with van der Waals surface area (Å²) in [5.41, 5.74) is -0.780. The van der Waals surface area contributed by atoms with Crippen molar-refractivity contribution in [3.63, 3.8) is 0 Å². The highest BCUT2D eigenvalue weighted by molar-refractivity contribution is 5.94. The molecule has 0 saturated heterocycles. The molecule has 0 aliphatic heterocycles. The zero-order valence-electron chi connectivity index (χ0n) is 10.0. The summed E-state index contributed by atoms with van der Waals surface area (Å²) in [5, 5.41) is 11.9. The van der Waals surface area contributed by atoms with Crippen LogP contribution in [-0.4, -0.2) is 28.1 Å². The Hall–Kier alpha value is -1.49. The molecule has 0 saturated carbocycles. The number of carbonyl (C=O) groups excluding carboxylic acids is 1. The van der Waals surface area contributed by atoms with Crippen molar-refractivity contribution in [2.24, 2.45) is 0 Å². The largest absolute Gasteiger partial charge is 0.394 e. The van der Waals surface area contributed by atoms with Gasteiger partial charge in [-0.3, -0.25) is 9.78 Å². The lowest BCUT2D eigenvalue weighted by molar-refractivity contribution is 0.0836. The number of aromatic nitrogens is 1. The molecule has 2 N–H and O–H groups in total. The molecule has 0 radical (unpaired) electrons. The number of rotatable bonds is 5. The normalized spacial score (nSPS) is 14.1. The highest BCUT2D eigenvalue weighted by Crippen LogP contribution is 2.13. The van der Waals surface area contributed by atoms with Gasteiger partial charge in [-0.25, -0.2) is 4.39 Å². The molecule has 1 rings (SSSR count). The van der Waals surface area contributed by atoms with Crippen LogP contribution < -0.4 is 5.32 Å². The predicted molar refractivity (Wildman–Crippen MR) is 62.1 cm³/mol. The van der Waals surface area contributed by atoms with E-state index in [0.717, 1.165) is 12.6 Å². The van der Waals surface area contributed by atoms with Crippen LogP contribution in [0.3, 0.4) is 0 Å². The Morgan fingerprint density at radius 3 is 2.88 bits per heavy atom. The number of pyridine rings is 1. The van der Waals surface area contributed by atoms with Gasteiger partial charge in [-0.2, -0.15) is 0 Å². The fourth-order valence-corrected chi connectivity index (χ4v) is 1.63. The van der Waals surface area contributed by atoms with Crippen LogP contribution in [0.25, 0.3) is 0 Å². The monoisotopic (exact) mass is 240 g/mol. The lowest BCUT2D eigenvalue weighted by atomic mass is 9.97. The Labute approximate surface area is 99.9 Å². The summed E-state index contributed by atoms with van der Waals surface area (Å²) in [6.07, 6.45) is 3.79. The van der Waals surface area contributed by atoms with Crippen LogP contribution in [0.5, 0.6) is 0 Å². The summed E-state index contributed by atoms with van der Waals surface area (Å²) in [7, 11) is 0. The van der Waals surface area contributed by atoms with Gasteiger partial charge in [0.25, 0.3) is 5.91 Å². The zero-order valence-corrected chi connectivity index (χ0v) is 10.0. The maximum atomic E-state index is 13.3. The first-order valence-electron chi connectivity index (χ1n) is 5.55. The van der Waals surface area contributed by atoms with E-state index in [1.807, 2.05) is 6.92 Å². The van der Waals surface area contributed by atoms with Gasteiger partial charge < -0.3 is 10.4 Å². The molecule has 0 aliphatic carbocycles. The molecule has 0 spiro atoms. The predicted octanol–water partition coefficient (Wildman–Crippen LogP) is 1.50. The quantitative estimate of drug-likeness (QED) is 0.820. The van der Waals surface area contributed by atoms with Crippen LogP contribution in [0.15, 0.2) is 18.5 Å². The standard InChI is InChI=1S/C12H17FN2O2/c1-3-5-12(2,8-16)15-11(17)9-4-6-14-7-10(9)13/h4,6-7,16H,3,5,8H2,1-2H3,(H,15,17)/t12-/m1/s1. The zero-order chi connectivity index (χ0) is 12.9. The van der Waals surface area contributed by atoms with E-state index >= 15 is 0 Å². The second-order valence-corrected chi connectivity index (χ2v) is 4.28. The fraction of sp³-hybridized carbons (Fsp3) is 0.500. The minimum atomic E-state index is -0.721. The number of carbonyl (C=O) groups is 1. The van der Waals surface area contributed by atoms with E-state index in [-0.39, 0.29) is 12.2 Å². The van der Waals surface area contributed by atoms with Crippen LogP contribution in [-0.2, 0) is 0 Å². The van der Waals surface area contributed by atoms with Crippen LogP contribution in [0.2, 0.25) is 0 Å². The minimum absolute atomic E-state index is 0.0595. The summed E-state index contributed by atoms with van der Waals surface area (Å²) < 4.78 is 13.3. The smallest absolute Gasteiger partial charge is 0.254 e. The third kappa shape index (κ3) is 3.49. The Morgan fingerprint density at radius 2 is 2.35 bits per heavy atom. The topological polar surface area (TPSA) is 62.2 Å². The minimum Gasteiger partial charge on any atom is -0.394 e. The Kier molecular flexibility index (Phi) is 4.57. The third-order valence-corrected chi connectivity index (χ3v) is 2.58. The van der Waals surface area contributed by atoms with Gasteiger partial charge in [0.05, 0.1) is 23.9 Å². The number of hydrogen-bond acceptors (Lipinski definition) is 3. The second kappa shape index (κ2) is 5.72. The summed E-state index contributed by atoms with van der Waals surface area (Å²) in [5.74, 6) is -1.20. The van der Waals surface area contributed by atoms with Crippen LogP contribution >= 0.6 is 0 Å². The fourth-order valence-electron chi connectivity index (χ4n) is 1.63. The molecule has 1 heterocycles. The third-order valence-electron chi connectivity index (χ3n) is 2.58. The molecule has 1 amide bonds. The lowest BCUT2D eigenvalue weighted by Gasteiger charge is -2.28. The van der Waals surface area contributed by atoms with Gasteiger partial charge in [-0.15, -0.1) is 0 Å². The Morgan fingerprint density at radius 1 is 1.65 bits per heavy atom. The van der Waals surface area contributed by atoms with Gasteiger partial charge in [-0.1, -0.05) is 13.3 Å². The van der Waals surface area contributed by atoms with Crippen molar-refractivity contribution in [2.75, 3.05) is 6.61 Å². The number of aliphatic hydroxyl groups is 1. The summed E-state index contributed by atoms with van der Waals surface area (Å²) in [4.78, 5) is 15.4. The number of aliphatic hydroxyl groups excluding tert-OH is 1. The van der Waals surface area contributed by atoms with Crippen molar-refractivity contribution in [1.29, 1.82) is 0 Å². The van der Waals surface area contributed by atoms with Crippen molar-refractivity contribution in [2.45, 2.75) is 32.2 Å². The molecule has 0 aliphatic rings. The number of nitrogens with zero attached hydrogens (tertiary/aromatic N) is 1. The molecule has 1 aromatic heterocycles. The molecule has 17 heavy (non-hydrogen) atoms. The van der Waals surface area contributed by atoms with Crippen LogP contribution in [0, 0.1) is 5.82 Å². The first-order valence-corrected chi connectivity index (χ1v) is 5.55. The van der Waals surface area contributed by atoms with Gasteiger partial charge in [0.15, 0.2) is 5.82 Å². The van der Waals surface area contributed by atoms with Crippen LogP contribution in [0.1, 0.15) is 37.0 Å². The molecular weight excluding hydrogens is 223 g/mol. The molecule has 0 aromatic carbocycles. The lowest BCUT2D eigenvalue weighted by Crippen LogP contribution is -2.49. The Balaban J connectivity index is 2.82. The van der Waals surface area contributed by atoms with Crippen molar-refractivity contribution in [1.82, 2.24) is 10.3 Å².